The van der Waals surface area contributed by atoms with E-state index >= 15 is 0 Å². The van der Waals surface area contributed by atoms with Crippen LogP contribution in [0.2, 0.25) is 0 Å². The van der Waals surface area contributed by atoms with Crippen LogP contribution in [0.1, 0.15) is 41.5 Å². The molecule has 96 valence electrons. The van der Waals surface area contributed by atoms with Crippen LogP contribution >= 0.6 is 0 Å². The molecule has 4 heteroatoms. The fourth-order valence-corrected chi connectivity index (χ4v) is 0.850. The van der Waals surface area contributed by atoms with Gasteiger partial charge in [-0.1, -0.05) is 20.8 Å². The third-order valence-electron chi connectivity index (χ3n) is 2.13. The number of amides is 1. The van der Waals surface area contributed by atoms with Gasteiger partial charge in [0.05, 0.1) is 11.7 Å². The van der Waals surface area contributed by atoms with Crippen molar-refractivity contribution in [3.63, 3.8) is 0 Å². The van der Waals surface area contributed by atoms with Crippen LogP contribution in [0.3, 0.4) is 0 Å². The van der Waals surface area contributed by atoms with E-state index < -0.39 is 6.10 Å². The minimum atomic E-state index is -0.550. The summed E-state index contributed by atoms with van der Waals surface area (Å²) in [7, 11) is 0. The minimum absolute atomic E-state index is 0.0281. The molecule has 0 radical (unpaired) electrons. The first-order valence-corrected chi connectivity index (χ1v) is 5.61. The molecular formula is C12H25NO3. The summed E-state index contributed by atoms with van der Waals surface area (Å²) >= 11 is 0. The van der Waals surface area contributed by atoms with Gasteiger partial charge in [0.15, 0.2) is 0 Å². The van der Waals surface area contributed by atoms with E-state index in [2.05, 4.69) is 5.32 Å². The van der Waals surface area contributed by atoms with Crippen LogP contribution < -0.4 is 5.32 Å². The van der Waals surface area contributed by atoms with Crippen molar-refractivity contribution in [2.45, 2.75) is 53.2 Å². The molecule has 0 spiro atoms. The van der Waals surface area contributed by atoms with Crippen LogP contribution in [0.25, 0.3) is 0 Å². The van der Waals surface area contributed by atoms with Crippen LogP contribution in [0.4, 0.5) is 0 Å². The maximum absolute atomic E-state index is 11.4. The van der Waals surface area contributed by atoms with E-state index in [0.717, 1.165) is 0 Å². The van der Waals surface area contributed by atoms with Crippen molar-refractivity contribution in [2.75, 3.05) is 13.2 Å². The third-order valence-corrected chi connectivity index (χ3v) is 2.13. The van der Waals surface area contributed by atoms with E-state index in [1.54, 1.807) is 0 Å². The second-order valence-corrected chi connectivity index (χ2v) is 6.09. The highest BCUT2D eigenvalue weighted by atomic mass is 16.5. The average molecular weight is 231 g/mol. The van der Waals surface area contributed by atoms with Gasteiger partial charge in [0, 0.05) is 6.54 Å². The van der Waals surface area contributed by atoms with Crippen molar-refractivity contribution in [3.8, 4) is 0 Å². The fourth-order valence-electron chi connectivity index (χ4n) is 0.850. The lowest BCUT2D eigenvalue weighted by Crippen LogP contribution is -2.41. The van der Waals surface area contributed by atoms with Crippen LogP contribution in [0.5, 0.6) is 0 Å². The molecule has 0 aromatic heterocycles. The molecule has 0 heterocycles. The van der Waals surface area contributed by atoms with Gasteiger partial charge >= 0.3 is 0 Å². The Morgan fingerprint density at radius 2 is 1.75 bits per heavy atom. The van der Waals surface area contributed by atoms with E-state index in [9.17, 15) is 9.90 Å². The van der Waals surface area contributed by atoms with E-state index in [4.69, 9.17) is 4.74 Å². The van der Waals surface area contributed by atoms with Crippen molar-refractivity contribution in [1.82, 2.24) is 5.32 Å². The zero-order valence-electron chi connectivity index (χ0n) is 11.3. The number of rotatable bonds is 4. The monoisotopic (exact) mass is 231 g/mol. The van der Waals surface area contributed by atoms with Gasteiger partial charge in [0.2, 0.25) is 5.91 Å². The number of carbonyl (C=O) groups is 1. The first-order chi connectivity index (χ1) is 7.02. The van der Waals surface area contributed by atoms with Crippen LogP contribution in [0, 0.1) is 5.41 Å². The molecule has 2 N–H and O–H groups in total. The maximum atomic E-state index is 11.4. The molecule has 4 nitrogen and oxygen atoms in total. The Hall–Kier alpha value is -0.610. The van der Waals surface area contributed by atoms with Crippen molar-refractivity contribution in [2.24, 2.45) is 5.41 Å². The molecule has 1 unspecified atom stereocenters. The number of aliphatic hydroxyl groups excluding tert-OH is 1. The molecule has 0 rings (SSSR count). The number of nitrogens with one attached hydrogen (secondary N) is 1. The molecule has 16 heavy (non-hydrogen) atoms. The highest BCUT2D eigenvalue weighted by Gasteiger charge is 2.22. The lowest BCUT2D eigenvalue weighted by Gasteiger charge is -2.26. The number of aliphatic hydroxyl groups is 1. The molecule has 0 saturated carbocycles. The maximum Gasteiger partial charge on any atom is 0.246 e. The Bertz CT molecular complexity index is 225. The summed E-state index contributed by atoms with van der Waals surface area (Å²) in [6.07, 6.45) is -0.550. The number of hydrogen-bond donors (Lipinski definition) is 2. The normalized spacial score (nSPS) is 14.7. The summed E-state index contributed by atoms with van der Waals surface area (Å²) in [6.45, 7) is 11.7. The summed E-state index contributed by atoms with van der Waals surface area (Å²) < 4.78 is 5.32. The second-order valence-electron chi connectivity index (χ2n) is 6.09. The summed E-state index contributed by atoms with van der Waals surface area (Å²) in [5.74, 6) is -0.196. The van der Waals surface area contributed by atoms with Gasteiger partial charge in [0.25, 0.3) is 0 Å². The molecule has 1 amide bonds. The van der Waals surface area contributed by atoms with Gasteiger partial charge < -0.3 is 15.2 Å². The van der Waals surface area contributed by atoms with E-state index in [1.165, 1.54) is 0 Å². The highest BCUT2D eigenvalue weighted by Crippen LogP contribution is 2.18. The van der Waals surface area contributed by atoms with Crippen LogP contribution in [0.15, 0.2) is 0 Å². The Kier molecular flexibility index (Phi) is 5.42. The van der Waals surface area contributed by atoms with Gasteiger partial charge in [-0.3, -0.25) is 4.79 Å². The van der Waals surface area contributed by atoms with Crippen LogP contribution in [-0.4, -0.2) is 35.9 Å². The van der Waals surface area contributed by atoms with Crippen molar-refractivity contribution >= 4 is 5.91 Å². The molecule has 0 saturated heterocycles. The van der Waals surface area contributed by atoms with Gasteiger partial charge in [-0.2, -0.15) is 0 Å². The molecule has 1 atom stereocenters. The summed E-state index contributed by atoms with van der Waals surface area (Å²) in [6, 6.07) is 0. The van der Waals surface area contributed by atoms with Gasteiger partial charge in [0.1, 0.15) is 6.61 Å². The van der Waals surface area contributed by atoms with Gasteiger partial charge in [-0.05, 0) is 26.2 Å². The first-order valence-electron chi connectivity index (χ1n) is 5.61. The van der Waals surface area contributed by atoms with E-state index in [1.807, 2.05) is 41.5 Å². The number of hydrogen-bond acceptors (Lipinski definition) is 3. The lowest BCUT2D eigenvalue weighted by molar-refractivity contribution is -0.131. The van der Waals surface area contributed by atoms with Crippen molar-refractivity contribution < 1.29 is 14.6 Å². The summed E-state index contributed by atoms with van der Waals surface area (Å²) in [5.41, 5.74) is -0.544. The molecule has 0 aliphatic carbocycles. The zero-order valence-corrected chi connectivity index (χ0v) is 11.3. The predicted molar refractivity (Wildman–Crippen MR) is 64.2 cm³/mol. The second kappa shape index (κ2) is 5.64. The smallest absolute Gasteiger partial charge is 0.246 e. The van der Waals surface area contributed by atoms with Crippen molar-refractivity contribution in [3.05, 3.63) is 0 Å². The third kappa shape index (κ3) is 7.65. The average Bonchev–Trinajstić information content (AvgIpc) is 2.08. The first kappa shape index (κ1) is 15.4. The van der Waals surface area contributed by atoms with Crippen LogP contribution in [-0.2, 0) is 9.53 Å². The molecule has 0 fully saturated rings. The predicted octanol–water partition coefficient (Wildman–Crippen LogP) is 1.32. The van der Waals surface area contributed by atoms with Gasteiger partial charge in [-0.25, -0.2) is 0 Å². The number of ether oxygens (including phenoxy) is 1. The summed E-state index contributed by atoms with van der Waals surface area (Å²) in [5, 5.41) is 12.4. The molecule has 0 aliphatic rings. The fraction of sp³-hybridized carbons (Fsp3) is 0.917. The number of carbonyl (C=O) groups excluding carboxylic acids is 1. The highest BCUT2D eigenvalue weighted by molar-refractivity contribution is 5.77. The zero-order chi connectivity index (χ0) is 13.0. The molecule has 0 aromatic carbocycles. The molecule has 0 aliphatic heterocycles. The molecule has 0 bridgehead atoms. The van der Waals surface area contributed by atoms with Crippen molar-refractivity contribution in [1.29, 1.82) is 0 Å². The SMILES string of the molecule is CC(C)(C)OCC(=O)NCC(O)C(C)(C)C. The standard InChI is InChI=1S/C12H25NO3/c1-11(2,3)9(14)7-13-10(15)8-16-12(4,5)6/h9,14H,7-8H2,1-6H3,(H,13,15). The Balaban J connectivity index is 3.83. The minimum Gasteiger partial charge on any atom is -0.391 e. The molecule has 0 aromatic rings. The largest absolute Gasteiger partial charge is 0.391 e. The van der Waals surface area contributed by atoms with Gasteiger partial charge in [-0.15, -0.1) is 0 Å². The topological polar surface area (TPSA) is 58.6 Å². The Labute approximate surface area is 98.4 Å². The van der Waals surface area contributed by atoms with E-state index in [0.29, 0.717) is 0 Å². The lowest BCUT2D eigenvalue weighted by atomic mass is 9.89. The summed E-state index contributed by atoms with van der Waals surface area (Å²) in [4.78, 5) is 11.4. The Morgan fingerprint density at radius 3 is 2.12 bits per heavy atom. The quantitative estimate of drug-likeness (QED) is 0.767. The molecular weight excluding hydrogens is 206 g/mol. The Morgan fingerprint density at radius 1 is 1.25 bits per heavy atom. The van der Waals surface area contributed by atoms with E-state index in [-0.39, 0.29) is 30.1 Å².